The van der Waals surface area contributed by atoms with Gasteiger partial charge < -0.3 is 10.1 Å². The van der Waals surface area contributed by atoms with E-state index in [0.29, 0.717) is 19.7 Å². The molecule has 5 heteroatoms. The molecule has 2 heterocycles. The molecule has 3 rings (SSSR count). The fourth-order valence-corrected chi connectivity index (χ4v) is 3.02. The van der Waals surface area contributed by atoms with E-state index in [2.05, 4.69) is 16.3 Å². The van der Waals surface area contributed by atoms with E-state index in [9.17, 15) is 4.79 Å². The molecule has 1 N–H and O–H groups in total. The molecule has 1 aromatic carbocycles. The Morgan fingerprint density at radius 2 is 2.19 bits per heavy atom. The zero-order chi connectivity index (χ0) is 14.5. The molecule has 110 valence electrons. The number of carbonyl (C=O) groups is 1. The van der Waals surface area contributed by atoms with Crippen LogP contribution in [-0.2, 0) is 17.9 Å². The molecule has 0 atom stereocenters. The minimum atomic E-state index is 0.0581. The number of fused-ring (bicyclic) bond motifs is 1. The first-order chi connectivity index (χ1) is 10.3. The average molecular weight is 302 g/mol. The molecule has 0 unspecified atom stereocenters. The zero-order valence-electron chi connectivity index (χ0n) is 11.7. The first kappa shape index (κ1) is 14.1. The quantitative estimate of drug-likeness (QED) is 0.942. The summed E-state index contributed by atoms with van der Waals surface area (Å²) in [6.07, 6.45) is 0. The molecular formula is C16H18N2O2S. The molecule has 0 aliphatic carbocycles. The molecule has 1 aliphatic heterocycles. The maximum absolute atomic E-state index is 12.0. The molecule has 0 saturated heterocycles. The van der Waals surface area contributed by atoms with Gasteiger partial charge in [0.05, 0.1) is 13.1 Å². The van der Waals surface area contributed by atoms with Crippen LogP contribution in [0.3, 0.4) is 0 Å². The lowest BCUT2D eigenvalue weighted by atomic mass is 10.2. The van der Waals surface area contributed by atoms with E-state index in [0.717, 1.165) is 24.4 Å². The van der Waals surface area contributed by atoms with Crippen LogP contribution < -0.4 is 10.1 Å². The molecule has 4 nitrogen and oxygen atoms in total. The Morgan fingerprint density at radius 1 is 1.29 bits per heavy atom. The highest BCUT2D eigenvalue weighted by atomic mass is 32.1. The number of amides is 1. The molecule has 0 saturated carbocycles. The van der Waals surface area contributed by atoms with E-state index in [1.807, 2.05) is 35.7 Å². The minimum Gasteiger partial charge on any atom is -0.492 e. The van der Waals surface area contributed by atoms with Crippen LogP contribution in [0.25, 0.3) is 0 Å². The first-order valence-corrected chi connectivity index (χ1v) is 7.91. The van der Waals surface area contributed by atoms with Crippen molar-refractivity contribution >= 4 is 17.2 Å². The summed E-state index contributed by atoms with van der Waals surface area (Å²) >= 11 is 1.66. The van der Waals surface area contributed by atoms with Gasteiger partial charge in [0.25, 0.3) is 0 Å². The summed E-state index contributed by atoms with van der Waals surface area (Å²) < 4.78 is 5.71. The maximum atomic E-state index is 12.0. The third kappa shape index (κ3) is 3.83. The van der Waals surface area contributed by atoms with Crippen LogP contribution in [0.5, 0.6) is 5.75 Å². The van der Waals surface area contributed by atoms with Crippen LogP contribution in [-0.4, -0.2) is 30.5 Å². The normalized spacial score (nSPS) is 14.9. The predicted molar refractivity (Wildman–Crippen MR) is 83.4 cm³/mol. The Labute approximate surface area is 128 Å². The third-order valence-electron chi connectivity index (χ3n) is 3.44. The Kier molecular flexibility index (Phi) is 4.52. The van der Waals surface area contributed by atoms with Gasteiger partial charge >= 0.3 is 0 Å². The Morgan fingerprint density at radius 3 is 3.05 bits per heavy atom. The number of rotatable bonds is 4. The predicted octanol–water partition coefficient (Wildman–Crippen LogP) is 2.26. The van der Waals surface area contributed by atoms with Crippen molar-refractivity contribution in [1.82, 2.24) is 10.2 Å². The number of benzene rings is 1. The fourth-order valence-electron chi connectivity index (χ4n) is 2.37. The van der Waals surface area contributed by atoms with Crippen molar-refractivity contribution in [2.45, 2.75) is 13.1 Å². The average Bonchev–Trinajstić information content (AvgIpc) is 2.92. The van der Waals surface area contributed by atoms with Gasteiger partial charge in [0.15, 0.2) is 0 Å². The summed E-state index contributed by atoms with van der Waals surface area (Å²) in [5.74, 6) is 0.988. The van der Waals surface area contributed by atoms with Crippen LogP contribution in [0, 0.1) is 0 Å². The highest BCUT2D eigenvalue weighted by molar-refractivity contribution is 7.09. The number of nitrogens with one attached hydrogen (secondary N) is 1. The van der Waals surface area contributed by atoms with E-state index in [1.165, 1.54) is 4.88 Å². The van der Waals surface area contributed by atoms with Crippen molar-refractivity contribution in [3.05, 3.63) is 52.2 Å². The number of nitrogens with zero attached hydrogens (tertiary/aromatic N) is 1. The van der Waals surface area contributed by atoms with Gasteiger partial charge in [-0.2, -0.15) is 0 Å². The standard InChI is InChI=1S/C16H18N2O2S/c19-16(17-10-14-5-3-9-21-14)12-18-7-8-20-15-6-2-1-4-13(15)11-18/h1-6,9H,7-8,10-12H2,(H,17,19). The highest BCUT2D eigenvalue weighted by Gasteiger charge is 2.17. The molecule has 21 heavy (non-hydrogen) atoms. The molecule has 2 aromatic rings. The second-order valence-electron chi connectivity index (χ2n) is 5.02. The van der Waals surface area contributed by atoms with Gasteiger partial charge in [-0.1, -0.05) is 24.3 Å². The topological polar surface area (TPSA) is 41.6 Å². The molecular weight excluding hydrogens is 284 g/mol. The smallest absolute Gasteiger partial charge is 0.234 e. The van der Waals surface area contributed by atoms with Crippen molar-refractivity contribution < 1.29 is 9.53 Å². The van der Waals surface area contributed by atoms with Crippen LogP contribution in [0.2, 0.25) is 0 Å². The zero-order valence-corrected chi connectivity index (χ0v) is 12.6. The fraction of sp³-hybridized carbons (Fsp3) is 0.312. The van der Waals surface area contributed by atoms with Crippen LogP contribution in [0.4, 0.5) is 0 Å². The SMILES string of the molecule is O=C(CN1CCOc2ccccc2C1)NCc1cccs1. The van der Waals surface area contributed by atoms with Gasteiger partial charge in [0.1, 0.15) is 12.4 Å². The van der Waals surface area contributed by atoms with E-state index in [1.54, 1.807) is 11.3 Å². The molecule has 0 fully saturated rings. The van der Waals surface area contributed by atoms with Crippen molar-refractivity contribution in [3.63, 3.8) is 0 Å². The molecule has 1 aliphatic rings. The Balaban J connectivity index is 1.54. The molecule has 0 radical (unpaired) electrons. The summed E-state index contributed by atoms with van der Waals surface area (Å²) in [7, 11) is 0. The van der Waals surface area contributed by atoms with Gasteiger partial charge in [0.2, 0.25) is 5.91 Å². The van der Waals surface area contributed by atoms with E-state index in [-0.39, 0.29) is 5.91 Å². The Bertz CT molecular complexity index is 598. The summed E-state index contributed by atoms with van der Waals surface area (Å²) in [5.41, 5.74) is 1.14. The van der Waals surface area contributed by atoms with E-state index < -0.39 is 0 Å². The number of hydrogen-bond donors (Lipinski definition) is 1. The minimum absolute atomic E-state index is 0.0581. The second kappa shape index (κ2) is 6.74. The molecule has 1 aromatic heterocycles. The van der Waals surface area contributed by atoms with Crippen molar-refractivity contribution in [2.24, 2.45) is 0 Å². The number of ether oxygens (including phenoxy) is 1. The lowest BCUT2D eigenvalue weighted by molar-refractivity contribution is -0.122. The number of para-hydroxylation sites is 1. The van der Waals surface area contributed by atoms with Crippen LogP contribution in [0.1, 0.15) is 10.4 Å². The lowest BCUT2D eigenvalue weighted by Crippen LogP contribution is -2.37. The van der Waals surface area contributed by atoms with Gasteiger partial charge in [-0.3, -0.25) is 9.69 Å². The summed E-state index contributed by atoms with van der Waals surface area (Å²) in [4.78, 5) is 15.3. The largest absolute Gasteiger partial charge is 0.492 e. The number of thiophene rings is 1. The third-order valence-corrected chi connectivity index (χ3v) is 4.32. The molecule has 1 amide bonds. The van der Waals surface area contributed by atoms with Crippen molar-refractivity contribution in [1.29, 1.82) is 0 Å². The van der Waals surface area contributed by atoms with E-state index >= 15 is 0 Å². The van der Waals surface area contributed by atoms with Gasteiger partial charge in [-0.25, -0.2) is 0 Å². The van der Waals surface area contributed by atoms with Crippen molar-refractivity contribution in [2.75, 3.05) is 19.7 Å². The number of hydrogen-bond acceptors (Lipinski definition) is 4. The molecule has 0 bridgehead atoms. The summed E-state index contributed by atoms with van der Waals surface area (Å²) in [6, 6.07) is 12.0. The van der Waals surface area contributed by atoms with Crippen molar-refractivity contribution in [3.8, 4) is 5.75 Å². The molecule has 0 spiro atoms. The van der Waals surface area contributed by atoms with Gasteiger partial charge in [-0.05, 0) is 17.5 Å². The van der Waals surface area contributed by atoms with Crippen LogP contribution >= 0.6 is 11.3 Å². The van der Waals surface area contributed by atoms with Crippen LogP contribution in [0.15, 0.2) is 41.8 Å². The summed E-state index contributed by atoms with van der Waals surface area (Å²) in [5, 5.41) is 4.98. The van der Waals surface area contributed by atoms with Gasteiger partial charge in [-0.15, -0.1) is 11.3 Å². The number of carbonyl (C=O) groups excluding carboxylic acids is 1. The summed E-state index contributed by atoms with van der Waals surface area (Å²) in [6.45, 7) is 3.15. The second-order valence-corrected chi connectivity index (χ2v) is 6.06. The van der Waals surface area contributed by atoms with Gasteiger partial charge in [0, 0.05) is 23.5 Å². The first-order valence-electron chi connectivity index (χ1n) is 7.03. The monoisotopic (exact) mass is 302 g/mol. The Hall–Kier alpha value is -1.85. The van der Waals surface area contributed by atoms with E-state index in [4.69, 9.17) is 4.74 Å². The maximum Gasteiger partial charge on any atom is 0.234 e. The lowest BCUT2D eigenvalue weighted by Gasteiger charge is -2.18. The highest BCUT2D eigenvalue weighted by Crippen LogP contribution is 2.22.